The maximum absolute atomic E-state index is 13.9. The van der Waals surface area contributed by atoms with E-state index in [1.807, 2.05) is 45.0 Å². The molecule has 0 bridgehead atoms. The van der Waals surface area contributed by atoms with Gasteiger partial charge in [-0.3, -0.25) is 0 Å². The van der Waals surface area contributed by atoms with Crippen molar-refractivity contribution in [3.8, 4) is 11.1 Å². The zero-order valence-corrected chi connectivity index (χ0v) is 32.0. The van der Waals surface area contributed by atoms with Gasteiger partial charge in [0.25, 0.3) is 0 Å². The van der Waals surface area contributed by atoms with Crippen molar-refractivity contribution in [3.05, 3.63) is 71.3 Å². The van der Waals surface area contributed by atoms with Crippen molar-refractivity contribution in [2.24, 2.45) is 34.0 Å². The van der Waals surface area contributed by atoms with E-state index >= 15 is 0 Å². The van der Waals surface area contributed by atoms with Gasteiger partial charge in [0, 0.05) is 13.0 Å². The zero-order valence-electron chi connectivity index (χ0n) is 32.0. The van der Waals surface area contributed by atoms with Gasteiger partial charge in [0.1, 0.15) is 12.2 Å². The maximum Gasteiger partial charge on any atom is 0.407 e. The van der Waals surface area contributed by atoms with Crippen LogP contribution in [-0.4, -0.2) is 65.9 Å². The molecule has 3 N–H and O–H groups in total. The molecular formula is C43H59NO7. The number of carbonyl (C=O) groups excluding carboxylic acids is 2. The SMILES string of the molecule is CO[C@@H](C[C@H]1C(C)=CC[C@@H]2[C@]3(C)C[C@H](O)[C@@H](O)C(C)(C)[C@H]3CC[C@]21C)[C@H](NC(=O)OCC1c2ccccc2-c2ccccc21)C(=O)OC(C)(C)C. The molecule has 278 valence electrons. The highest BCUT2D eigenvalue weighted by Gasteiger charge is 2.64. The van der Waals surface area contributed by atoms with Gasteiger partial charge in [-0.05, 0) is 116 Å². The Morgan fingerprint density at radius 1 is 0.941 bits per heavy atom. The van der Waals surface area contributed by atoms with Crippen LogP contribution in [0.3, 0.4) is 0 Å². The van der Waals surface area contributed by atoms with E-state index in [1.165, 1.54) is 5.57 Å². The summed E-state index contributed by atoms with van der Waals surface area (Å²) in [4.78, 5) is 27.5. The summed E-state index contributed by atoms with van der Waals surface area (Å²) >= 11 is 0. The van der Waals surface area contributed by atoms with Gasteiger partial charge >= 0.3 is 12.1 Å². The number of carbonyl (C=O) groups is 2. The molecule has 9 atom stereocenters. The first-order valence-corrected chi connectivity index (χ1v) is 18.8. The van der Waals surface area contributed by atoms with Crippen LogP contribution in [-0.2, 0) is 19.0 Å². The highest BCUT2D eigenvalue weighted by molar-refractivity contribution is 5.83. The Morgan fingerprint density at radius 2 is 1.55 bits per heavy atom. The third-order valence-corrected chi connectivity index (χ3v) is 13.5. The number of aliphatic hydroxyl groups is 2. The Labute approximate surface area is 304 Å². The number of nitrogens with one attached hydrogen (secondary N) is 1. The highest BCUT2D eigenvalue weighted by atomic mass is 16.6. The second kappa shape index (κ2) is 13.7. The summed E-state index contributed by atoms with van der Waals surface area (Å²) in [7, 11) is 1.59. The number of hydrogen-bond donors (Lipinski definition) is 3. The Balaban J connectivity index is 1.24. The number of allylic oxidation sites excluding steroid dienone is 2. The monoisotopic (exact) mass is 701 g/mol. The number of rotatable bonds is 8. The molecule has 1 amide bonds. The quantitative estimate of drug-likeness (QED) is 0.190. The molecule has 6 rings (SSSR count). The topological polar surface area (TPSA) is 114 Å². The summed E-state index contributed by atoms with van der Waals surface area (Å²) in [5, 5.41) is 25.1. The van der Waals surface area contributed by atoms with Crippen molar-refractivity contribution in [3.63, 3.8) is 0 Å². The minimum absolute atomic E-state index is 0.0559. The molecule has 8 nitrogen and oxygen atoms in total. The molecule has 0 unspecified atom stereocenters. The van der Waals surface area contributed by atoms with E-state index in [0.29, 0.717) is 12.8 Å². The molecule has 4 aliphatic carbocycles. The van der Waals surface area contributed by atoms with Crippen LogP contribution >= 0.6 is 0 Å². The summed E-state index contributed by atoms with van der Waals surface area (Å²) in [5.41, 5.74) is 4.22. The lowest BCUT2D eigenvalue weighted by molar-refractivity contribution is -0.218. The summed E-state index contributed by atoms with van der Waals surface area (Å²) in [6.07, 6.45) is 3.24. The van der Waals surface area contributed by atoms with E-state index in [0.717, 1.165) is 41.5 Å². The number of fused-ring (bicyclic) bond motifs is 6. The van der Waals surface area contributed by atoms with E-state index in [2.05, 4.69) is 70.3 Å². The van der Waals surface area contributed by atoms with Crippen molar-refractivity contribution in [2.45, 2.75) is 123 Å². The van der Waals surface area contributed by atoms with Crippen LogP contribution in [0.1, 0.15) is 105 Å². The smallest absolute Gasteiger partial charge is 0.407 e. The van der Waals surface area contributed by atoms with Crippen LogP contribution in [0.15, 0.2) is 60.2 Å². The van der Waals surface area contributed by atoms with Gasteiger partial charge < -0.3 is 29.7 Å². The molecule has 2 saturated carbocycles. The van der Waals surface area contributed by atoms with Crippen LogP contribution in [0.5, 0.6) is 0 Å². The number of amides is 1. The van der Waals surface area contributed by atoms with Crippen molar-refractivity contribution >= 4 is 12.1 Å². The first kappa shape index (κ1) is 37.6. The molecule has 4 aliphatic rings. The van der Waals surface area contributed by atoms with Crippen LogP contribution in [0, 0.1) is 34.0 Å². The molecule has 8 heteroatoms. The standard InChI is InChI=1S/C43H59NO7/c1-25-18-19-35-42(7,21-20-34-41(5,6)37(46)32(45)23-43(34,35)8)31(25)22-33(49-9)36(38(47)51-40(2,3)4)44-39(48)50-24-30-28-16-12-10-14-26(28)27-15-11-13-17-29(27)30/h10-18,30-37,45-46H,19-24H2,1-9H3,(H,44,48)/t31-,32-,33-,34+,35-,36-,37+,42-,43+/m0/s1. The molecule has 0 heterocycles. The average Bonchev–Trinajstić information content (AvgIpc) is 3.38. The molecule has 51 heavy (non-hydrogen) atoms. The predicted octanol–water partition coefficient (Wildman–Crippen LogP) is 7.80. The number of aliphatic hydroxyl groups excluding tert-OH is 2. The molecule has 2 aromatic rings. The van der Waals surface area contributed by atoms with Crippen LogP contribution in [0.2, 0.25) is 0 Å². The highest BCUT2D eigenvalue weighted by Crippen LogP contribution is 2.68. The fourth-order valence-electron chi connectivity index (χ4n) is 11.1. The lowest BCUT2D eigenvalue weighted by Crippen LogP contribution is -2.64. The van der Waals surface area contributed by atoms with Crippen LogP contribution in [0.4, 0.5) is 4.79 Å². The van der Waals surface area contributed by atoms with Crippen molar-refractivity contribution in [1.29, 1.82) is 0 Å². The number of esters is 1. The summed E-state index contributed by atoms with van der Waals surface area (Å²) in [6, 6.07) is 15.3. The second-order valence-corrected chi connectivity index (χ2v) is 17.9. The fourth-order valence-corrected chi connectivity index (χ4v) is 11.1. The number of benzene rings is 2. The van der Waals surface area contributed by atoms with Gasteiger partial charge in [-0.25, -0.2) is 9.59 Å². The van der Waals surface area contributed by atoms with Gasteiger partial charge in [0.05, 0.1) is 18.3 Å². The zero-order chi connectivity index (χ0) is 37.1. The lowest BCUT2D eigenvalue weighted by Gasteiger charge is -2.67. The predicted molar refractivity (Wildman–Crippen MR) is 198 cm³/mol. The van der Waals surface area contributed by atoms with E-state index in [9.17, 15) is 19.8 Å². The third kappa shape index (κ3) is 6.66. The molecule has 2 fully saturated rings. The number of ether oxygens (including phenoxy) is 3. The Hall–Kier alpha value is -3.20. The van der Waals surface area contributed by atoms with Crippen molar-refractivity contribution in [2.75, 3.05) is 13.7 Å². The maximum atomic E-state index is 13.9. The molecule has 0 spiro atoms. The Kier molecular flexibility index (Phi) is 10.1. The minimum atomic E-state index is -1.10. The normalized spacial score (nSPS) is 32.3. The molecule has 0 saturated heterocycles. The van der Waals surface area contributed by atoms with Crippen LogP contribution < -0.4 is 5.32 Å². The van der Waals surface area contributed by atoms with Crippen molar-refractivity contribution < 1.29 is 34.0 Å². The molecule has 0 aliphatic heterocycles. The lowest BCUT2D eigenvalue weighted by atomic mass is 9.39. The van der Waals surface area contributed by atoms with E-state index in [4.69, 9.17) is 14.2 Å². The molecule has 0 aromatic heterocycles. The minimum Gasteiger partial charge on any atom is -0.458 e. The van der Waals surface area contributed by atoms with E-state index in [-0.39, 0.29) is 41.1 Å². The molecule has 2 aromatic carbocycles. The first-order valence-electron chi connectivity index (χ1n) is 18.8. The van der Waals surface area contributed by atoms with E-state index in [1.54, 1.807) is 7.11 Å². The van der Waals surface area contributed by atoms with Gasteiger partial charge in [0.2, 0.25) is 0 Å². The average molecular weight is 702 g/mol. The van der Waals surface area contributed by atoms with E-state index < -0.39 is 47.4 Å². The fraction of sp³-hybridized carbons (Fsp3) is 0.628. The Morgan fingerprint density at radius 3 is 2.14 bits per heavy atom. The van der Waals surface area contributed by atoms with Crippen LogP contribution in [0.25, 0.3) is 11.1 Å². The number of hydrogen-bond acceptors (Lipinski definition) is 7. The number of alkyl carbamates (subject to hydrolysis) is 1. The van der Waals surface area contributed by atoms with Gasteiger partial charge in [0.15, 0.2) is 6.04 Å². The van der Waals surface area contributed by atoms with Gasteiger partial charge in [-0.1, -0.05) is 87.9 Å². The molecular weight excluding hydrogens is 642 g/mol. The second-order valence-electron chi connectivity index (χ2n) is 17.9. The Bertz CT molecular complexity index is 1610. The summed E-state index contributed by atoms with van der Waals surface area (Å²) < 4.78 is 17.9. The van der Waals surface area contributed by atoms with Gasteiger partial charge in [-0.15, -0.1) is 0 Å². The number of methoxy groups -OCH3 is 1. The largest absolute Gasteiger partial charge is 0.458 e. The third-order valence-electron chi connectivity index (χ3n) is 13.5. The van der Waals surface area contributed by atoms with Gasteiger partial charge in [-0.2, -0.15) is 0 Å². The summed E-state index contributed by atoms with van der Waals surface area (Å²) in [6.45, 7) is 16.6. The summed E-state index contributed by atoms with van der Waals surface area (Å²) in [5.74, 6) is -0.110. The first-order chi connectivity index (χ1) is 23.9. The molecule has 0 radical (unpaired) electrons. The van der Waals surface area contributed by atoms with Crippen molar-refractivity contribution in [1.82, 2.24) is 5.32 Å².